The van der Waals surface area contributed by atoms with Gasteiger partial charge in [0, 0.05) is 22.9 Å². The van der Waals surface area contributed by atoms with E-state index < -0.39 is 0 Å². The van der Waals surface area contributed by atoms with Gasteiger partial charge in [0.05, 0.1) is 5.69 Å². The quantitative estimate of drug-likeness (QED) is 0.739. The number of nitrogens with zero attached hydrogens (tertiary/aromatic N) is 2. The number of carbonyl (C=O) groups is 1. The Labute approximate surface area is 142 Å². The van der Waals surface area contributed by atoms with Crippen LogP contribution in [0.1, 0.15) is 16.1 Å². The van der Waals surface area contributed by atoms with Gasteiger partial charge in [-0.25, -0.2) is 4.68 Å². The van der Waals surface area contributed by atoms with Gasteiger partial charge in [0.2, 0.25) is 0 Å². The lowest BCUT2D eigenvalue weighted by molar-refractivity contribution is 0.102. The molecule has 3 rings (SSSR count). The second kappa shape index (κ2) is 6.76. The fourth-order valence-corrected chi connectivity index (χ4v) is 2.42. The van der Waals surface area contributed by atoms with Gasteiger partial charge in [0.15, 0.2) is 5.69 Å². The molecule has 0 radical (unpaired) electrons. The second-order valence-electron chi connectivity index (χ2n) is 4.98. The fourth-order valence-electron chi connectivity index (χ4n) is 2.15. The van der Waals surface area contributed by atoms with Crippen molar-refractivity contribution in [3.8, 4) is 5.69 Å². The number of hydrogen-bond donors (Lipinski definition) is 2. The van der Waals surface area contributed by atoms with Gasteiger partial charge in [-0.1, -0.05) is 28.1 Å². The molecule has 0 saturated heterocycles. The Balaban J connectivity index is 1.76. The maximum atomic E-state index is 12.3. The molecule has 3 N–H and O–H groups in total. The molecule has 5 nitrogen and oxygen atoms in total. The summed E-state index contributed by atoms with van der Waals surface area (Å²) in [5.74, 6) is -0.255. The molecule has 116 valence electrons. The highest BCUT2D eigenvalue weighted by atomic mass is 79.9. The first-order valence-electron chi connectivity index (χ1n) is 7.08. The van der Waals surface area contributed by atoms with Crippen LogP contribution in [0.5, 0.6) is 0 Å². The Morgan fingerprint density at radius 2 is 1.96 bits per heavy atom. The Kier molecular flexibility index (Phi) is 4.55. The number of aromatic nitrogens is 2. The highest BCUT2D eigenvalue weighted by molar-refractivity contribution is 9.10. The number of hydrogen-bond acceptors (Lipinski definition) is 3. The van der Waals surface area contributed by atoms with Crippen LogP contribution in [-0.2, 0) is 6.54 Å². The molecule has 0 unspecified atom stereocenters. The Morgan fingerprint density at radius 1 is 1.17 bits per heavy atom. The van der Waals surface area contributed by atoms with Gasteiger partial charge in [-0.2, -0.15) is 5.10 Å². The minimum absolute atomic E-state index is 0.255. The van der Waals surface area contributed by atoms with Crippen molar-refractivity contribution in [1.29, 1.82) is 0 Å². The van der Waals surface area contributed by atoms with Crippen molar-refractivity contribution in [2.45, 2.75) is 6.54 Å². The highest BCUT2D eigenvalue weighted by Gasteiger charge is 2.10. The topological polar surface area (TPSA) is 72.9 Å². The van der Waals surface area contributed by atoms with Crippen LogP contribution >= 0.6 is 15.9 Å². The minimum atomic E-state index is -0.255. The number of nitrogens with one attached hydrogen (secondary N) is 1. The van der Waals surface area contributed by atoms with Crippen molar-refractivity contribution < 1.29 is 4.79 Å². The molecule has 1 amide bonds. The molecule has 0 aliphatic rings. The summed E-state index contributed by atoms with van der Waals surface area (Å²) in [6.45, 7) is 0.432. The summed E-state index contributed by atoms with van der Waals surface area (Å²) >= 11 is 3.39. The largest absolute Gasteiger partial charge is 0.326 e. The Bertz CT molecular complexity index is 827. The predicted octanol–water partition coefficient (Wildman–Crippen LogP) is 3.35. The molecule has 3 aromatic rings. The summed E-state index contributed by atoms with van der Waals surface area (Å²) in [7, 11) is 0. The van der Waals surface area contributed by atoms with Crippen LogP contribution in [0, 0.1) is 0 Å². The van der Waals surface area contributed by atoms with Crippen LogP contribution in [0.4, 0.5) is 5.69 Å². The molecule has 2 aromatic carbocycles. The van der Waals surface area contributed by atoms with Gasteiger partial charge in [0.1, 0.15) is 0 Å². The zero-order valence-electron chi connectivity index (χ0n) is 12.2. The normalized spacial score (nSPS) is 10.5. The zero-order valence-corrected chi connectivity index (χ0v) is 13.8. The molecule has 0 aliphatic heterocycles. The molecular formula is C17H15BrN4O. The van der Waals surface area contributed by atoms with E-state index in [0.717, 1.165) is 15.7 Å². The molecule has 1 heterocycles. The molecule has 0 saturated carbocycles. The zero-order chi connectivity index (χ0) is 16.2. The number of benzene rings is 2. The lowest BCUT2D eigenvalue weighted by Gasteiger charge is -2.05. The summed E-state index contributed by atoms with van der Waals surface area (Å²) in [6, 6.07) is 16.8. The molecule has 1 aromatic heterocycles. The number of carbonyl (C=O) groups excluding carboxylic acids is 1. The third-order valence-corrected chi connectivity index (χ3v) is 3.86. The first-order valence-corrected chi connectivity index (χ1v) is 7.87. The van der Waals surface area contributed by atoms with E-state index in [9.17, 15) is 4.79 Å². The summed E-state index contributed by atoms with van der Waals surface area (Å²) in [5, 5.41) is 7.14. The minimum Gasteiger partial charge on any atom is -0.326 e. The van der Waals surface area contributed by atoms with Crippen molar-refractivity contribution in [2.24, 2.45) is 5.73 Å². The van der Waals surface area contributed by atoms with Crippen molar-refractivity contribution in [3.05, 3.63) is 76.5 Å². The van der Waals surface area contributed by atoms with Gasteiger partial charge >= 0.3 is 0 Å². The number of nitrogens with two attached hydrogens (primary N) is 1. The fraction of sp³-hybridized carbons (Fsp3) is 0.0588. The van der Waals surface area contributed by atoms with E-state index in [4.69, 9.17) is 5.73 Å². The third-order valence-electron chi connectivity index (χ3n) is 3.33. The molecule has 0 aliphatic carbocycles. The summed E-state index contributed by atoms with van der Waals surface area (Å²) in [4.78, 5) is 12.3. The van der Waals surface area contributed by atoms with Gasteiger partial charge in [-0.3, -0.25) is 4.79 Å². The third kappa shape index (κ3) is 3.67. The van der Waals surface area contributed by atoms with E-state index in [1.807, 2.05) is 48.5 Å². The average Bonchev–Trinajstić information content (AvgIpc) is 3.06. The number of rotatable bonds is 4. The van der Waals surface area contributed by atoms with Crippen LogP contribution in [0.3, 0.4) is 0 Å². The van der Waals surface area contributed by atoms with Gasteiger partial charge in [0.25, 0.3) is 5.91 Å². The Morgan fingerprint density at radius 3 is 2.70 bits per heavy atom. The van der Waals surface area contributed by atoms with Crippen molar-refractivity contribution in [3.63, 3.8) is 0 Å². The van der Waals surface area contributed by atoms with Crippen molar-refractivity contribution >= 4 is 27.5 Å². The highest BCUT2D eigenvalue weighted by Crippen LogP contribution is 2.15. The van der Waals surface area contributed by atoms with E-state index in [1.54, 1.807) is 16.9 Å². The lowest BCUT2D eigenvalue weighted by Crippen LogP contribution is -2.13. The maximum absolute atomic E-state index is 12.3. The van der Waals surface area contributed by atoms with Crippen molar-refractivity contribution in [1.82, 2.24) is 9.78 Å². The van der Waals surface area contributed by atoms with Crippen LogP contribution < -0.4 is 11.1 Å². The summed E-state index contributed by atoms with van der Waals surface area (Å²) in [5.41, 5.74) is 8.51. The first kappa shape index (κ1) is 15.5. The summed E-state index contributed by atoms with van der Waals surface area (Å²) < 4.78 is 2.66. The first-order chi connectivity index (χ1) is 11.2. The molecule has 6 heteroatoms. The Hall–Kier alpha value is -2.44. The van der Waals surface area contributed by atoms with E-state index in [0.29, 0.717) is 17.9 Å². The predicted molar refractivity (Wildman–Crippen MR) is 93.6 cm³/mol. The molecular weight excluding hydrogens is 356 g/mol. The molecule has 0 bridgehead atoms. The molecule has 0 atom stereocenters. The van der Waals surface area contributed by atoms with Crippen LogP contribution in [0.2, 0.25) is 0 Å². The second-order valence-corrected chi connectivity index (χ2v) is 5.90. The van der Waals surface area contributed by atoms with Crippen LogP contribution in [0.25, 0.3) is 5.69 Å². The molecule has 0 fully saturated rings. The SMILES string of the molecule is NCc1cccc(NC(=O)c2ccn(-c3ccc(Br)cc3)n2)c1. The van der Waals surface area contributed by atoms with E-state index in [1.165, 1.54) is 0 Å². The monoisotopic (exact) mass is 370 g/mol. The number of amides is 1. The van der Waals surface area contributed by atoms with Gasteiger partial charge in [-0.15, -0.1) is 0 Å². The van der Waals surface area contributed by atoms with Crippen LogP contribution in [-0.4, -0.2) is 15.7 Å². The molecule has 0 spiro atoms. The van der Waals surface area contributed by atoms with Gasteiger partial charge in [-0.05, 0) is 48.0 Å². The summed E-state index contributed by atoms with van der Waals surface area (Å²) in [6.07, 6.45) is 1.76. The molecule has 23 heavy (non-hydrogen) atoms. The van der Waals surface area contributed by atoms with Gasteiger partial charge < -0.3 is 11.1 Å². The smallest absolute Gasteiger partial charge is 0.276 e. The lowest BCUT2D eigenvalue weighted by atomic mass is 10.2. The number of anilines is 1. The number of halogens is 1. The van der Waals surface area contributed by atoms with E-state index in [-0.39, 0.29) is 5.91 Å². The maximum Gasteiger partial charge on any atom is 0.276 e. The van der Waals surface area contributed by atoms with E-state index in [2.05, 4.69) is 26.3 Å². The van der Waals surface area contributed by atoms with Crippen molar-refractivity contribution in [2.75, 3.05) is 5.32 Å². The van der Waals surface area contributed by atoms with Crippen LogP contribution in [0.15, 0.2) is 65.3 Å². The standard InChI is InChI=1S/C17H15BrN4O/c18-13-4-6-15(7-5-13)22-9-8-16(21-22)17(23)20-14-3-1-2-12(10-14)11-19/h1-10H,11,19H2,(H,20,23). The van der Waals surface area contributed by atoms with E-state index >= 15 is 0 Å². The average molecular weight is 371 g/mol.